The van der Waals surface area contributed by atoms with Gasteiger partial charge in [-0.25, -0.2) is 4.39 Å². The molecule has 0 aliphatic heterocycles. The molecule has 0 bridgehead atoms. The minimum atomic E-state index is -0.941. The molecule has 1 atom stereocenters. The van der Waals surface area contributed by atoms with E-state index in [0.717, 1.165) is 0 Å². The highest BCUT2D eigenvalue weighted by atomic mass is 19.1. The number of hydrogen-bond donors (Lipinski definition) is 1. The third-order valence-electron chi connectivity index (χ3n) is 2.20. The van der Waals surface area contributed by atoms with Crippen LogP contribution in [0, 0.1) is 12.7 Å². The Morgan fingerprint density at radius 1 is 1.60 bits per heavy atom. The van der Waals surface area contributed by atoms with Crippen molar-refractivity contribution in [3.05, 3.63) is 35.1 Å². The average molecular weight is 212 g/mol. The van der Waals surface area contributed by atoms with Gasteiger partial charge in [-0.2, -0.15) is 0 Å². The van der Waals surface area contributed by atoms with E-state index in [-0.39, 0.29) is 12.2 Å². The van der Waals surface area contributed by atoms with E-state index >= 15 is 0 Å². The van der Waals surface area contributed by atoms with E-state index in [2.05, 4.69) is 0 Å². The fraction of sp³-hybridized carbons (Fsp3) is 0.364. The molecule has 1 unspecified atom stereocenters. The lowest BCUT2D eigenvalue weighted by molar-refractivity contribution is -0.139. The molecule has 82 valence electrons. The van der Waals surface area contributed by atoms with Crippen LogP contribution in [-0.4, -0.2) is 18.2 Å². The largest absolute Gasteiger partial charge is 0.481 e. The Hall–Kier alpha value is -1.42. The van der Waals surface area contributed by atoms with Gasteiger partial charge in [-0.15, -0.1) is 0 Å². The quantitative estimate of drug-likeness (QED) is 0.832. The molecule has 0 amide bonds. The number of hydrogen-bond acceptors (Lipinski definition) is 2. The van der Waals surface area contributed by atoms with Gasteiger partial charge in [0.15, 0.2) is 0 Å². The monoisotopic (exact) mass is 212 g/mol. The summed E-state index contributed by atoms with van der Waals surface area (Å²) >= 11 is 0. The van der Waals surface area contributed by atoms with E-state index in [1.165, 1.54) is 13.2 Å². The number of carbonyl (C=O) groups is 1. The average Bonchev–Trinajstić information content (AvgIpc) is 2.18. The maximum Gasteiger partial charge on any atom is 0.306 e. The second-order valence-corrected chi connectivity index (χ2v) is 3.33. The molecular formula is C11H13FO3. The van der Waals surface area contributed by atoms with Crippen LogP contribution in [0.5, 0.6) is 0 Å². The van der Waals surface area contributed by atoms with Crippen molar-refractivity contribution < 1.29 is 19.0 Å². The smallest absolute Gasteiger partial charge is 0.306 e. The van der Waals surface area contributed by atoms with Crippen LogP contribution >= 0.6 is 0 Å². The van der Waals surface area contributed by atoms with E-state index in [9.17, 15) is 9.18 Å². The van der Waals surface area contributed by atoms with Gasteiger partial charge >= 0.3 is 5.97 Å². The Bertz CT molecular complexity index is 363. The van der Waals surface area contributed by atoms with Crippen LogP contribution < -0.4 is 0 Å². The zero-order chi connectivity index (χ0) is 11.4. The lowest BCUT2D eigenvalue weighted by atomic mass is 10.0. The zero-order valence-corrected chi connectivity index (χ0v) is 8.66. The van der Waals surface area contributed by atoms with Crippen molar-refractivity contribution in [3.8, 4) is 0 Å². The molecule has 1 aromatic carbocycles. The Balaban J connectivity index is 2.92. The predicted molar refractivity (Wildman–Crippen MR) is 53.1 cm³/mol. The first-order valence-electron chi connectivity index (χ1n) is 4.55. The van der Waals surface area contributed by atoms with Gasteiger partial charge in [0, 0.05) is 7.11 Å². The van der Waals surface area contributed by atoms with Crippen molar-refractivity contribution in [2.24, 2.45) is 0 Å². The normalized spacial score (nSPS) is 12.5. The van der Waals surface area contributed by atoms with E-state index in [4.69, 9.17) is 9.84 Å². The number of carboxylic acid groups (broad SMARTS) is 1. The number of ether oxygens (including phenoxy) is 1. The molecule has 1 rings (SSSR count). The summed E-state index contributed by atoms with van der Waals surface area (Å²) < 4.78 is 18.0. The number of carboxylic acids is 1. The summed E-state index contributed by atoms with van der Waals surface area (Å²) in [6.07, 6.45) is -0.650. The van der Waals surface area contributed by atoms with Crippen molar-refractivity contribution in [1.82, 2.24) is 0 Å². The lowest BCUT2D eigenvalue weighted by Crippen LogP contribution is -2.08. The zero-order valence-electron chi connectivity index (χ0n) is 8.66. The fourth-order valence-corrected chi connectivity index (χ4v) is 1.36. The van der Waals surface area contributed by atoms with E-state index in [1.54, 1.807) is 19.1 Å². The van der Waals surface area contributed by atoms with Crippen LogP contribution in [0.1, 0.15) is 23.7 Å². The van der Waals surface area contributed by atoms with Crippen molar-refractivity contribution in [3.63, 3.8) is 0 Å². The Morgan fingerprint density at radius 3 is 2.73 bits per heavy atom. The summed E-state index contributed by atoms with van der Waals surface area (Å²) in [5.41, 5.74) is 1.17. The van der Waals surface area contributed by atoms with Crippen LogP contribution in [0.2, 0.25) is 0 Å². The second kappa shape index (κ2) is 4.89. The van der Waals surface area contributed by atoms with Gasteiger partial charge in [-0.05, 0) is 24.1 Å². The van der Waals surface area contributed by atoms with Gasteiger partial charge in [0.2, 0.25) is 0 Å². The molecule has 1 N–H and O–H groups in total. The molecule has 0 radical (unpaired) electrons. The third kappa shape index (κ3) is 3.02. The number of halogens is 1. The van der Waals surface area contributed by atoms with Crippen LogP contribution in [-0.2, 0) is 9.53 Å². The minimum Gasteiger partial charge on any atom is -0.481 e. The number of methoxy groups -OCH3 is 1. The van der Waals surface area contributed by atoms with Crippen LogP contribution in [0.3, 0.4) is 0 Å². The maximum absolute atomic E-state index is 13.0. The van der Waals surface area contributed by atoms with Gasteiger partial charge in [-0.1, -0.05) is 12.1 Å². The number of aliphatic carboxylic acids is 1. The number of rotatable bonds is 4. The number of benzene rings is 1. The molecule has 0 aliphatic rings. The first-order valence-corrected chi connectivity index (χ1v) is 4.55. The van der Waals surface area contributed by atoms with Crippen molar-refractivity contribution in [2.75, 3.05) is 7.11 Å². The Kier molecular flexibility index (Phi) is 3.80. The lowest BCUT2D eigenvalue weighted by Gasteiger charge is -2.14. The Labute approximate surface area is 87.5 Å². The van der Waals surface area contributed by atoms with Crippen molar-refractivity contribution in [1.29, 1.82) is 0 Å². The second-order valence-electron chi connectivity index (χ2n) is 3.33. The maximum atomic E-state index is 13.0. The van der Waals surface area contributed by atoms with Crippen LogP contribution in [0.4, 0.5) is 4.39 Å². The molecule has 4 heteroatoms. The molecule has 1 aromatic rings. The summed E-state index contributed by atoms with van der Waals surface area (Å²) in [6, 6.07) is 4.46. The predicted octanol–water partition coefficient (Wildman–Crippen LogP) is 2.30. The summed E-state index contributed by atoms with van der Waals surface area (Å²) in [5, 5.41) is 8.65. The minimum absolute atomic E-state index is 0.123. The molecule has 0 saturated carbocycles. The first kappa shape index (κ1) is 11.7. The van der Waals surface area contributed by atoms with E-state index < -0.39 is 12.1 Å². The molecule has 15 heavy (non-hydrogen) atoms. The molecule has 0 saturated heterocycles. The highest BCUT2D eigenvalue weighted by Crippen LogP contribution is 2.22. The van der Waals surface area contributed by atoms with E-state index in [1.807, 2.05) is 0 Å². The molecule has 3 nitrogen and oxygen atoms in total. The van der Waals surface area contributed by atoms with Gasteiger partial charge in [0.1, 0.15) is 5.82 Å². The molecule has 0 aliphatic carbocycles. The fourth-order valence-electron chi connectivity index (χ4n) is 1.36. The molecule has 0 aromatic heterocycles. The number of aryl methyl sites for hydroxylation is 1. The van der Waals surface area contributed by atoms with E-state index in [0.29, 0.717) is 11.1 Å². The van der Waals surface area contributed by atoms with Gasteiger partial charge < -0.3 is 9.84 Å². The molecule has 0 spiro atoms. The van der Waals surface area contributed by atoms with Gasteiger partial charge in [-0.3, -0.25) is 4.79 Å². The summed E-state index contributed by atoms with van der Waals surface area (Å²) in [6.45, 7) is 1.63. The van der Waals surface area contributed by atoms with Crippen LogP contribution in [0.15, 0.2) is 18.2 Å². The topological polar surface area (TPSA) is 46.5 Å². The summed E-state index contributed by atoms with van der Waals surface area (Å²) in [5.74, 6) is -1.24. The third-order valence-corrected chi connectivity index (χ3v) is 2.20. The summed E-state index contributed by atoms with van der Waals surface area (Å²) in [7, 11) is 1.44. The van der Waals surface area contributed by atoms with Gasteiger partial charge in [0.25, 0.3) is 0 Å². The first-order chi connectivity index (χ1) is 7.04. The Morgan fingerprint density at radius 2 is 2.27 bits per heavy atom. The standard InChI is InChI=1S/C11H13FO3/c1-7-5-8(3-4-9(7)12)10(15-2)6-11(13)14/h3-5,10H,6H2,1-2H3,(H,13,14). The summed E-state index contributed by atoms with van der Waals surface area (Å²) in [4.78, 5) is 10.5. The van der Waals surface area contributed by atoms with Crippen molar-refractivity contribution in [2.45, 2.75) is 19.4 Å². The SMILES string of the molecule is COC(CC(=O)O)c1ccc(F)c(C)c1. The highest BCUT2D eigenvalue weighted by molar-refractivity contribution is 5.67. The van der Waals surface area contributed by atoms with Crippen LogP contribution in [0.25, 0.3) is 0 Å². The molecular weight excluding hydrogens is 199 g/mol. The molecule has 0 heterocycles. The highest BCUT2D eigenvalue weighted by Gasteiger charge is 2.15. The molecule has 0 fully saturated rings. The van der Waals surface area contributed by atoms with Gasteiger partial charge in [0.05, 0.1) is 12.5 Å². The van der Waals surface area contributed by atoms with Crippen molar-refractivity contribution >= 4 is 5.97 Å².